The topological polar surface area (TPSA) is 105 Å². The molecule has 0 atom stereocenters. The fourth-order valence-corrected chi connectivity index (χ4v) is 27.3. The molecule has 21 aromatic carbocycles. The predicted molar refractivity (Wildman–Crippen MR) is 621 cm³/mol. The zero-order valence-corrected chi connectivity index (χ0v) is 84.0. The molecule has 0 amide bonds. The van der Waals surface area contributed by atoms with Crippen molar-refractivity contribution in [1.82, 2.24) is 43.6 Å². The van der Waals surface area contributed by atoms with Gasteiger partial charge in [-0.05, 0) is 234 Å². The Bertz CT molecular complexity index is 10500. The Hall–Kier alpha value is -18.2. The largest absolute Gasteiger partial charge is 0.450 e. The highest BCUT2D eigenvalue weighted by atomic mass is 32.1. The number of nitrogens with zero attached hydrogens (tertiary/aromatic N) is 9. The summed E-state index contributed by atoms with van der Waals surface area (Å²) in [6.45, 7) is 18.6. The third-order valence-electron chi connectivity index (χ3n) is 33.5. The van der Waals surface area contributed by atoms with Crippen molar-refractivity contribution in [3.63, 3.8) is 0 Å². The maximum absolute atomic E-state index is 6.67. The number of aromatic nitrogens is 9. The van der Waals surface area contributed by atoms with Crippen LogP contribution in [0.25, 0.3) is 269 Å². The van der Waals surface area contributed by atoms with E-state index in [0.29, 0.717) is 11.4 Å². The van der Waals surface area contributed by atoms with Crippen molar-refractivity contribution in [1.29, 1.82) is 0 Å². The molecule has 8 heterocycles. The third kappa shape index (κ3) is 12.3. The molecule has 4 aliphatic rings. The first-order chi connectivity index (χ1) is 72.9. The van der Waals surface area contributed by atoms with Gasteiger partial charge < -0.3 is 4.42 Å². The van der Waals surface area contributed by atoms with Gasteiger partial charge in [-0.25, -0.2) is 29.9 Å². The van der Waals surface area contributed by atoms with Gasteiger partial charge in [-0.15, -0.1) is 11.3 Å². The van der Waals surface area contributed by atoms with Gasteiger partial charge in [-0.2, -0.15) is 0 Å². The number of hydrogen-bond acceptors (Lipinski definition) is 8. The second-order valence-corrected chi connectivity index (χ2v) is 44.1. The van der Waals surface area contributed by atoms with Crippen molar-refractivity contribution in [2.45, 2.75) is 77.0 Å². The summed E-state index contributed by atoms with van der Waals surface area (Å²) in [6.07, 6.45) is 0. The highest BCUT2D eigenvalue weighted by Gasteiger charge is 2.44. The van der Waals surface area contributed by atoms with Gasteiger partial charge in [-0.3, -0.25) is 13.7 Å². The van der Waals surface area contributed by atoms with Gasteiger partial charge in [0.25, 0.3) is 0 Å². The molecule has 0 saturated heterocycles. The standard InChI is InChI=1S/C48H35N3.C45H29N3O.C45H29N3S/c1-47(2)38-19-11-9-17-33(38)35-25-32(21-22-40(35)47)45-49-44-34-18-10-12-20-39(34)48(3,4)43(44)46(50-45)51-41-26-30-15-7-5-13-28(30)23-36(41)37-24-29-14-6-8-16-31(29)27-42(37)51;2*1-45(2)35-17-9-7-15-31(35)33-24-29(19-21-36(33)45)43-46-41-32-16-8-10-18-39(32)49-42(41)44(47-43)48-37-22-20-26-11-5-6-14-30(26)40(37)34-23-27-12-3-4-13-28(27)25-38(34)48/h5-27H,1-4H3;2*3-25H,1-2H3. The Morgan fingerprint density at radius 3 is 1.01 bits per heavy atom. The number of furan rings is 1. The third-order valence-corrected chi connectivity index (χ3v) is 34.6. The summed E-state index contributed by atoms with van der Waals surface area (Å²) in [4.78, 5) is 32.8. The summed E-state index contributed by atoms with van der Waals surface area (Å²) in [5.41, 5.74) is 33.0. The minimum absolute atomic E-state index is 0.0570. The minimum Gasteiger partial charge on any atom is -0.450 e. The van der Waals surface area contributed by atoms with Crippen molar-refractivity contribution in [2.24, 2.45) is 0 Å². The first-order valence-electron chi connectivity index (χ1n) is 51.6. The summed E-state index contributed by atoms with van der Waals surface area (Å²) in [5.74, 6) is 4.78. The van der Waals surface area contributed by atoms with E-state index in [1.807, 2.05) is 18.2 Å². The van der Waals surface area contributed by atoms with E-state index in [0.717, 1.165) is 117 Å². The van der Waals surface area contributed by atoms with Crippen LogP contribution < -0.4 is 0 Å². The summed E-state index contributed by atoms with van der Waals surface area (Å²) >= 11 is 1.78. The molecule has 0 aliphatic heterocycles. The van der Waals surface area contributed by atoms with Gasteiger partial charge in [0.15, 0.2) is 34.7 Å². The smallest absolute Gasteiger partial charge is 0.197 e. The highest BCUT2D eigenvalue weighted by molar-refractivity contribution is 7.26. The maximum atomic E-state index is 6.67. The van der Waals surface area contributed by atoms with Gasteiger partial charge in [0.1, 0.15) is 16.9 Å². The Kier molecular flexibility index (Phi) is 17.9. The average Bonchev–Trinajstić information content (AvgIpc) is 1.54. The fraction of sp³-hybridized carbons (Fsp3) is 0.0870. The number of rotatable bonds is 6. The molecule has 29 aromatic rings. The lowest BCUT2D eigenvalue weighted by Gasteiger charge is -2.25. The van der Waals surface area contributed by atoms with E-state index >= 15 is 0 Å². The molecule has 0 unspecified atom stereocenters. The lowest BCUT2D eigenvalue weighted by molar-refractivity contribution is 0.650. The van der Waals surface area contributed by atoms with Gasteiger partial charge >= 0.3 is 0 Å². The van der Waals surface area contributed by atoms with E-state index in [1.165, 1.54) is 185 Å². The molecule has 0 saturated carbocycles. The molecular weight excluding hydrogens is 1830 g/mol. The van der Waals surface area contributed by atoms with Crippen LogP contribution in [0.1, 0.15) is 99.9 Å². The fourth-order valence-electron chi connectivity index (χ4n) is 26.2. The molecule has 149 heavy (non-hydrogen) atoms. The summed E-state index contributed by atoms with van der Waals surface area (Å²) in [6, 6.07) is 152. The van der Waals surface area contributed by atoms with Crippen molar-refractivity contribution in [3.05, 3.63) is 463 Å². The van der Waals surface area contributed by atoms with E-state index in [1.54, 1.807) is 11.3 Å². The number of benzene rings is 21. The molecular formula is C138H93N9OS. The van der Waals surface area contributed by atoms with E-state index < -0.39 is 0 Å². The van der Waals surface area contributed by atoms with Crippen LogP contribution in [0.15, 0.2) is 423 Å². The van der Waals surface area contributed by atoms with E-state index in [-0.39, 0.29) is 21.7 Å². The molecule has 0 radical (unpaired) electrons. The molecule has 8 aromatic heterocycles. The van der Waals surface area contributed by atoms with E-state index in [9.17, 15) is 0 Å². The summed E-state index contributed by atoms with van der Waals surface area (Å²) in [7, 11) is 0. The zero-order chi connectivity index (χ0) is 99.1. The predicted octanol–water partition coefficient (Wildman–Crippen LogP) is 36.1. The Morgan fingerprint density at radius 1 is 0.221 bits per heavy atom. The molecule has 4 aliphatic carbocycles. The van der Waals surface area contributed by atoms with Crippen LogP contribution in [-0.4, -0.2) is 43.6 Å². The molecule has 702 valence electrons. The molecule has 33 rings (SSSR count). The first kappa shape index (κ1) is 85.3. The van der Waals surface area contributed by atoms with Crippen LogP contribution in [0.3, 0.4) is 0 Å². The Labute approximate surface area is 861 Å². The van der Waals surface area contributed by atoms with Crippen LogP contribution in [0.4, 0.5) is 0 Å². The lowest BCUT2D eigenvalue weighted by atomic mass is 9.82. The van der Waals surface area contributed by atoms with Crippen molar-refractivity contribution >= 4 is 184 Å². The quantitative estimate of drug-likeness (QED) is 0.163. The molecule has 0 fully saturated rings. The number of para-hydroxylation sites is 1. The van der Waals surface area contributed by atoms with Crippen LogP contribution in [0.5, 0.6) is 0 Å². The summed E-state index contributed by atoms with van der Waals surface area (Å²) in [5, 5.41) is 24.1. The second-order valence-electron chi connectivity index (χ2n) is 43.1. The van der Waals surface area contributed by atoms with Crippen LogP contribution in [0, 0.1) is 0 Å². The number of hydrogen-bond donors (Lipinski definition) is 0. The van der Waals surface area contributed by atoms with Gasteiger partial charge in [0, 0.05) is 97.3 Å². The number of fused-ring (bicyclic) bond motifs is 35. The SMILES string of the molecule is CC1(C)c2ccccc2-c2cc(-c3nc(-n4c5cc6ccccc6cc5c5c6ccccc6ccc54)c4oc5ccccc5c4n3)ccc21.CC1(C)c2ccccc2-c2cc(-c3nc(-n4c5cc6ccccc6cc5c5c6ccccc6ccc54)c4sc5ccccc5c4n3)ccc21.CC1(C)c2ccccc2-c2cc(-c3nc4c(c(-n5c6cc7ccccc7cc6c6cc7ccccc7cc65)n3)C(C)(C)c3ccccc3-4)ccc21. The van der Waals surface area contributed by atoms with Crippen molar-refractivity contribution in [3.8, 4) is 96.3 Å². The molecule has 10 nitrogen and oxygen atoms in total. The minimum atomic E-state index is -0.308. The van der Waals surface area contributed by atoms with Crippen LogP contribution in [0.2, 0.25) is 0 Å². The summed E-state index contributed by atoms with van der Waals surface area (Å²) < 4.78 is 16.1. The Balaban J connectivity index is 0.000000101. The lowest BCUT2D eigenvalue weighted by Crippen LogP contribution is -2.19. The normalized spacial score (nSPS) is 14.1. The molecule has 0 spiro atoms. The monoisotopic (exact) mass is 1920 g/mol. The second kappa shape index (κ2) is 31.2. The maximum Gasteiger partial charge on any atom is 0.197 e. The first-order valence-corrected chi connectivity index (χ1v) is 52.4. The van der Waals surface area contributed by atoms with Gasteiger partial charge in [0.05, 0.1) is 49.0 Å². The zero-order valence-electron chi connectivity index (χ0n) is 83.2. The van der Waals surface area contributed by atoms with Crippen LogP contribution >= 0.6 is 11.3 Å². The van der Waals surface area contributed by atoms with Crippen molar-refractivity contribution in [2.75, 3.05) is 0 Å². The molecule has 0 bridgehead atoms. The molecule has 0 N–H and O–H groups in total. The van der Waals surface area contributed by atoms with Crippen molar-refractivity contribution < 1.29 is 4.42 Å². The average molecular weight is 1930 g/mol. The number of thiophene rings is 1. The van der Waals surface area contributed by atoms with E-state index in [2.05, 4.69) is 469 Å². The Morgan fingerprint density at radius 2 is 0.550 bits per heavy atom. The highest BCUT2D eigenvalue weighted by Crippen LogP contribution is 2.58. The van der Waals surface area contributed by atoms with Gasteiger partial charge in [0.2, 0.25) is 0 Å². The molecule has 11 heteroatoms. The van der Waals surface area contributed by atoms with Gasteiger partial charge in [-0.1, -0.05) is 377 Å². The van der Waals surface area contributed by atoms with Crippen LogP contribution in [-0.2, 0) is 21.7 Å². The van der Waals surface area contributed by atoms with E-state index in [4.69, 9.17) is 34.3 Å².